The number of rotatable bonds is 4. The molecule has 0 unspecified atom stereocenters. The molecular formula is C16H20FN3O2S. The molecule has 0 spiro atoms. The fourth-order valence-corrected chi connectivity index (χ4v) is 3.53. The van der Waals surface area contributed by atoms with E-state index in [1.807, 2.05) is 0 Å². The number of pyridine rings is 1. The standard InChI is InChI=1S/C16H20FN3O2S/c1-16(2,3)20-23(21,22)15-7-5-12(8-13(15)17)14-6-4-11(9-18)10-19-14/h4-8,10,20H,9,18H2,1-3H3. The lowest BCUT2D eigenvalue weighted by Crippen LogP contribution is -2.40. The van der Waals surface area contributed by atoms with Crippen molar-refractivity contribution in [3.05, 3.63) is 47.9 Å². The molecule has 5 nitrogen and oxygen atoms in total. The molecule has 0 aliphatic heterocycles. The Balaban J connectivity index is 2.37. The molecule has 0 aliphatic carbocycles. The molecule has 1 aromatic carbocycles. The third-order valence-corrected chi connectivity index (χ3v) is 4.81. The maximum Gasteiger partial charge on any atom is 0.243 e. The van der Waals surface area contributed by atoms with Crippen LogP contribution in [0.4, 0.5) is 4.39 Å². The summed E-state index contributed by atoms with van der Waals surface area (Å²) in [7, 11) is -3.92. The lowest BCUT2D eigenvalue weighted by Gasteiger charge is -2.20. The number of nitrogens with one attached hydrogen (secondary N) is 1. The highest BCUT2D eigenvalue weighted by Crippen LogP contribution is 2.23. The van der Waals surface area contributed by atoms with Crippen molar-refractivity contribution < 1.29 is 12.8 Å². The van der Waals surface area contributed by atoms with Gasteiger partial charge in [0.25, 0.3) is 0 Å². The topological polar surface area (TPSA) is 85.1 Å². The molecule has 0 saturated heterocycles. The summed E-state index contributed by atoms with van der Waals surface area (Å²) in [6.45, 7) is 5.45. The van der Waals surface area contributed by atoms with Gasteiger partial charge < -0.3 is 5.73 Å². The predicted molar refractivity (Wildman–Crippen MR) is 87.6 cm³/mol. The van der Waals surface area contributed by atoms with Crippen LogP contribution < -0.4 is 10.5 Å². The minimum atomic E-state index is -3.92. The van der Waals surface area contributed by atoms with Gasteiger partial charge in [0.05, 0.1) is 5.69 Å². The van der Waals surface area contributed by atoms with Gasteiger partial charge in [0.1, 0.15) is 10.7 Å². The predicted octanol–water partition coefficient (Wildman–Crippen LogP) is 2.42. The Morgan fingerprint density at radius 1 is 1.22 bits per heavy atom. The first-order valence-electron chi connectivity index (χ1n) is 7.11. The number of halogens is 1. The van der Waals surface area contributed by atoms with E-state index in [0.717, 1.165) is 5.56 Å². The number of sulfonamides is 1. The molecule has 2 rings (SSSR count). The molecule has 0 atom stereocenters. The summed E-state index contributed by atoms with van der Waals surface area (Å²) in [4.78, 5) is 3.82. The first-order valence-corrected chi connectivity index (χ1v) is 8.59. The highest BCUT2D eigenvalue weighted by Gasteiger charge is 2.25. The van der Waals surface area contributed by atoms with E-state index >= 15 is 0 Å². The molecule has 3 N–H and O–H groups in total. The Morgan fingerprint density at radius 2 is 1.91 bits per heavy atom. The van der Waals surface area contributed by atoms with Gasteiger partial charge in [-0.05, 0) is 44.5 Å². The molecule has 124 valence electrons. The van der Waals surface area contributed by atoms with Crippen LogP contribution in [0.1, 0.15) is 26.3 Å². The highest BCUT2D eigenvalue weighted by molar-refractivity contribution is 7.89. The molecular weight excluding hydrogens is 317 g/mol. The van der Waals surface area contributed by atoms with Gasteiger partial charge in [-0.3, -0.25) is 4.98 Å². The molecule has 1 heterocycles. The van der Waals surface area contributed by atoms with Gasteiger partial charge in [0.2, 0.25) is 10.0 Å². The molecule has 0 fully saturated rings. The zero-order chi connectivity index (χ0) is 17.3. The van der Waals surface area contributed by atoms with E-state index in [1.165, 1.54) is 18.2 Å². The van der Waals surface area contributed by atoms with Crippen LogP contribution >= 0.6 is 0 Å². The Kier molecular flexibility index (Phi) is 4.84. The number of nitrogens with zero attached hydrogens (tertiary/aromatic N) is 1. The zero-order valence-electron chi connectivity index (χ0n) is 13.3. The summed E-state index contributed by atoms with van der Waals surface area (Å²) in [6.07, 6.45) is 1.61. The molecule has 0 saturated carbocycles. The zero-order valence-corrected chi connectivity index (χ0v) is 14.1. The second-order valence-corrected chi connectivity index (χ2v) is 7.91. The van der Waals surface area contributed by atoms with Gasteiger partial charge in [-0.1, -0.05) is 12.1 Å². The van der Waals surface area contributed by atoms with Crippen molar-refractivity contribution in [3.63, 3.8) is 0 Å². The number of hydrogen-bond acceptors (Lipinski definition) is 4. The maximum atomic E-state index is 14.3. The largest absolute Gasteiger partial charge is 0.326 e. The van der Waals surface area contributed by atoms with Gasteiger partial charge in [-0.15, -0.1) is 0 Å². The van der Waals surface area contributed by atoms with Gasteiger partial charge >= 0.3 is 0 Å². The monoisotopic (exact) mass is 337 g/mol. The van der Waals surface area contributed by atoms with Crippen LogP contribution in [-0.2, 0) is 16.6 Å². The molecule has 2 aromatic rings. The lowest BCUT2D eigenvalue weighted by atomic mass is 10.1. The van der Waals surface area contributed by atoms with Crippen molar-refractivity contribution in [2.45, 2.75) is 37.8 Å². The van der Waals surface area contributed by atoms with Gasteiger partial charge in [0.15, 0.2) is 0 Å². The molecule has 0 aliphatic rings. The Morgan fingerprint density at radius 3 is 2.39 bits per heavy atom. The average Bonchev–Trinajstić information content (AvgIpc) is 2.44. The molecule has 0 bridgehead atoms. The summed E-state index contributed by atoms with van der Waals surface area (Å²) in [5.41, 5.74) is 6.73. The lowest BCUT2D eigenvalue weighted by molar-refractivity contribution is 0.486. The van der Waals surface area contributed by atoms with Crippen LogP contribution in [0, 0.1) is 5.82 Å². The first-order chi connectivity index (χ1) is 10.6. The second-order valence-electron chi connectivity index (χ2n) is 6.26. The SMILES string of the molecule is CC(C)(C)NS(=O)(=O)c1ccc(-c2ccc(CN)cn2)cc1F. The van der Waals surface area contributed by atoms with E-state index in [-0.39, 0.29) is 4.90 Å². The Bertz CT molecular complexity index is 797. The van der Waals surface area contributed by atoms with Crippen LogP contribution in [0.25, 0.3) is 11.3 Å². The summed E-state index contributed by atoms with van der Waals surface area (Å²) in [6, 6.07) is 7.47. The smallest absolute Gasteiger partial charge is 0.243 e. The van der Waals surface area contributed by atoms with Crippen molar-refractivity contribution in [1.29, 1.82) is 0 Å². The van der Waals surface area contributed by atoms with E-state index < -0.39 is 21.4 Å². The number of nitrogens with two attached hydrogens (primary N) is 1. The van der Waals surface area contributed by atoms with Crippen molar-refractivity contribution >= 4 is 10.0 Å². The van der Waals surface area contributed by atoms with Crippen LogP contribution in [0.2, 0.25) is 0 Å². The van der Waals surface area contributed by atoms with Crippen molar-refractivity contribution in [2.24, 2.45) is 5.73 Å². The van der Waals surface area contributed by atoms with Crippen molar-refractivity contribution in [1.82, 2.24) is 9.71 Å². The normalized spacial score (nSPS) is 12.4. The van der Waals surface area contributed by atoms with E-state index in [1.54, 1.807) is 39.1 Å². The minimum Gasteiger partial charge on any atom is -0.326 e. The van der Waals surface area contributed by atoms with Crippen molar-refractivity contribution in [3.8, 4) is 11.3 Å². The summed E-state index contributed by atoms with van der Waals surface area (Å²) >= 11 is 0. The summed E-state index contributed by atoms with van der Waals surface area (Å²) < 4.78 is 41.2. The van der Waals surface area contributed by atoms with Gasteiger partial charge in [-0.2, -0.15) is 0 Å². The third-order valence-electron chi connectivity index (χ3n) is 3.02. The summed E-state index contributed by atoms with van der Waals surface area (Å²) in [5, 5.41) is 0. The Hall–Kier alpha value is -1.83. The van der Waals surface area contributed by atoms with Crippen LogP contribution in [0.15, 0.2) is 41.4 Å². The highest BCUT2D eigenvalue weighted by atomic mass is 32.2. The van der Waals surface area contributed by atoms with E-state index in [9.17, 15) is 12.8 Å². The fourth-order valence-electron chi connectivity index (χ4n) is 2.05. The fraction of sp³-hybridized carbons (Fsp3) is 0.312. The molecule has 23 heavy (non-hydrogen) atoms. The van der Waals surface area contributed by atoms with Crippen LogP contribution in [0.5, 0.6) is 0 Å². The maximum absolute atomic E-state index is 14.3. The van der Waals surface area contributed by atoms with Crippen LogP contribution in [-0.4, -0.2) is 18.9 Å². The number of hydrogen-bond donors (Lipinski definition) is 2. The first kappa shape index (κ1) is 17.5. The van der Waals surface area contributed by atoms with Crippen LogP contribution in [0.3, 0.4) is 0 Å². The molecule has 7 heteroatoms. The minimum absolute atomic E-state index is 0.372. The number of aromatic nitrogens is 1. The summed E-state index contributed by atoms with van der Waals surface area (Å²) in [5.74, 6) is -0.816. The van der Waals surface area contributed by atoms with Gasteiger partial charge in [-0.25, -0.2) is 17.5 Å². The second kappa shape index (κ2) is 6.35. The van der Waals surface area contributed by atoms with E-state index in [2.05, 4.69) is 9.71 Å². The molecule has 0 amide bonds. The van der Waals surface area contributed by atoms with E-state index in [4.69, 9.17) is 5.73 Å². The molecule has 0 radical (unpaired) electrons. The van der Waals surface area contributed by atoms with Crippen molar-refractivity contribution in [2.75, 3.05) is 0 Å². The Labute approximate surface area is 135 Å². The van der Waals surface area contributed by atoms with E-state index in [0.29, 0.717) is 17.8 Å². The number of benzene rings is 1. The molecule has 1 aromatic heterocycles. The van der Waals surface area contributed by atoms with Gasteiger partial charge in [0, 0.05) is 23.8 Å². The quantitative estimate of drug-likeness (QED) is 0.897. The third kappa shape index (κ3) is 4.34. The average molecular weight is 337 g/mol.